The van der Waals surface area contributed by atoms with Gasteiger partial charge in [0.05, 0.1) is 5.02 Å². The SMILES string of the molecule is N#Cc1cc2c(nc1Oc1cccc(Cl)c1Cl)CCC2. The maximum absolute atomic E-state index is 9.22. The molecule has 0 atom stereocenters. The molecule has 2 aromatic rings. The van der Waals surface area contributed by atoms with Crippen molar-refractivity contribution < 1.29 is 4.74 Å². The summed E-state index contributed by atoms with van der Waals surface area (Å²) in [5, 5.41) is 9.95. The summed E-state index contributed by atoms with van der Waals surface area (Å²) in [6.07, 6.45) is 2.95. The molecule has 1 aromatic carbocycles. The number of nitrogens with zero attached hydrogens (tertiary/aromatic N) is 2. The van der Waals surface area contributed by atoms with E-state index in [0.717, 1.165) is 30.5 Å². The monoisotopic (exact) mass is 304 g/mol. The number of hydrogen-bond acceptors (Lipinski definition) is 3. The Kier molecular flexibility index (Phi) is 3.52. The molecule has 0 aliphatic heterocycles. The molecule has 1 aliphatic carbocycles. The Morgan fingerprint density at radius 3 is 2.90 bits per heavy atom. The molecule has 1 aliphatic rings. The van der Waals surface area contributed by atoms with E-state index in [-0.39, 0.29) is 5.88 Å². The first-order valence-electron chi connectivity index (χ1n) is 6.24. The Morgan fingerprint density at radius 2 is 2.10 bits per heavy atom. The Hall–Kier alpha value is -1.76. The van der Waals surface area contributed by atoms with E-state index < -0.39 is 0 Å². The van der Waals surface area contributed by atoms with Crippen LogP contribution in [0.5, 0.6) is 11.6 Å². The van der Waals surface area contributed by atoms with Crippen LogP contribution >= 0.6 is 23.2 Å². The number of fused-ring (bicyclic) bond motifs is 1. The smallest absolute Gasteiger partial charge is 0.237 e. The fourth-order valence-electron chi connectivity index (χ4n) is 2.28. The lowest BCUT2D eigenvalue weighted by molar-refractivity contribution is 0.459. The Bertz CT molecular complexity index is 723. The molecule has 0 N–H and O–H groups in total. The molecular weight excluding hydrogens is 295 g/mol. The molecule has 0 unspecified atom stereocenters. The van der Waals surface area contributed by atoms with E-state index in [0.29, 0.717) is 21.4 Å². The maximum Gasteiger partial charge on any atom is 0.237 e. The molecule has 0 spiro atoms. The molecule has 100 valence electrons. The zero-order valence-corrected chi connectivity index (χ0v) is 12.0. The minimum absolute atomic E-state index is 0.289. The average molecular weight is 305 g/mol. The Labute approximate surface area is 126 Å². The van der Waals surface area contributed by atoms with Crippen LogP contribution in [0, 0.1) is 11.3 Å². The highest BCUT2D eigenvalue weighted by Gasteiger charge is 2.18. The van der Waals surface area contributed by atoms with Gasteiger partial charge in [-0.3, -0.25) is 0 Å². The summed E-state index contributed by atoms with van der Waals surface area (Å²) >= 11 is 12.0. The second-order valence-electron chi connectivity index (χ2n) is 4.57. The number of aryl methyl sites for hydroxylation is 2. The first kappa shape index (κ1) is 13.2. The van der Waals surface area contributed by atoms with E-state index in [2.05, 4.69) is 11.1 Å². The van der Waals surface area contributed by atoms with Crippen LogP contribution in [-0.4, -0.2) is 4.98 Å². The molecule has 0 fully saturated rings. The van der Waals surface area contributed by atoms with Gasteiger partial charge < -0.3 is 4.74 Å². The van der Waals surface area contributed by atoms with Gasteiger partial charge in [-0.05, 0) is 43.0 Å². The van der Waals surface area contributed by atoms with Crippen LogP contribution in [0.25, 0.3) is 0 Å². The number of rotatable bonds is 2. The molecule has 0 bridgehead atoms. The van der Waals surface area contributed by atoms with Crippen molar-refractivity contribution in [2.24, 2.45) is 0 Å². The Balaban J connectivity index is 2.03. The zero-order chi connectivity index (χ0) is 14.1. The van der Waals surface area contributed by atoms with Crippen LogP contribution in [0.3, 0.4) is 0 Å². The molecule has 0 amide bonds. The molecule has 1 aromatic heterocycles. The van der Waals surface area contributed by atoms with Crippen LogP contribution in [0.2, 0.25) is 10.0 Å². The Morgan fingerprint density at radius 1 is 1.25 bits per heavy atom. The van der Waals surface area contributed by atoms with Crippen molar-refractivity contribution >= 4 is 23.2 Å². The second-order valence-corrected chi connectivity index (χ2v) is 5.35. The number of benzene rings is 1. The minimum atomic E-state index is 0.289. The van der Waals surface area contributed by atoms with Crippen LogP contribution in [-0.2, 0) is 12.8 Å². The van der Waals surface area contributed by atoms with E-state index in [1.54, 1.807) is 18.2 Å². The number of pyridine rings is 1. The van der Waals surface area contributed by atoms with E-state index in [4.69, 9.17) is 27.9 Å². The van der Waals surface area contributed by atoms with Gasteiger partial charge in [-0.15, -0.1) is 0 Å². The lowest BCUT2D eigenvalue weighted by atomic mass is 10.1. The van der Waals surface area contributed by atoms with Crippen LogP contribution in [0.15, 0.2) is 24.3 Å². The number of aromatic nitrogens is 1. The van der Waals surface area contributed by atoms with Crippen molar-refractivity contribution in [3.05, 3.63) is 51.1 Å². The molecule has 3 nitrogen and oxygen atoms in total. The van der Waals surface area contributed by atoms with Crippen molar-refractivity contribution in [2.75, 3.05) is 0 Å². The third-order valence-electron chi connectivity index (χ3n) is 3.26. The predicted octanol–water partition coefficient (Wildman–Crippen LogP) is 4.54. The molecule has 0 saturated carbocycles. The highest BCUT2D eigenvalue weighted by atomic mass is 35.5. The molecule has 0 radical (unpaired) electrons. The number of nitriles is 1. The lowest BCUT2D eigenvalue weighted by Gasteiger charge is -2.10. The third kappa shape index (κ3) is 2.33. The molecule has 3 rings (SSSR count). The van der Waals surface area contributed by atoms with Gasteiger partial charge in [0.2, 0.25) is 5.88 Å². The largest absolute Gasteiger partial charge is 0.436 e. The first-order valence-corrected chi connectivity index (χ1v) is 6.99. The van der Waals surface area contributed by atoms with Gasteiger partial charge in [-0.1, -0.05) is 29.3 Å². The quantitative estimate of drug-likeness (QED) is 0.818. The fourth-order valence-corrected chi connectivity index (χ4v) is 2.61. The highest BCUT2D eigenvalue weighted by molar-refractivity contribution is 6.42. The van der Waals surface area contributed by atoms with Crippen molar-refractivity contribution in [1.29, 1.82) is 5.26 Å². The summed E-state index contributed by atoms with van der Waals surface area (Å²) in [4.78, 5) is 4.44. The fraction of sp³-hybridized carbons (Fsp3) is 0.200. The van der Waals surface area contributed by atoms with Gasteiger partial charge in [0.1, 0.15) is 22.4 Å². The average Bonchev–Trinajstić information content (AvgIpc) is 2.90. The number of halogens is 2. The van der Waals surface area contributed by atoms with E-state index in [1.807, 2.05) is 6.07 Å². The summed E-state index contributed by atoms with van der Waals surface area (Å²) in [5.74, 6) is 0.693. The lowest BCUT2D eigenvalue weighted by Crippen LogP contribution is -1.97. The van der Waals surface area contributed by atoms with E-state index >= 15 is 0 Å². The van der Waals surface area contributed by atoms with Crippen molar-refractivity contribution in [1.82, 2.24) is 4.98 Å². The van der Waals surface area contributed by atoms with Crippen molar-refractivity contribution in [3.8, 4) is 17.7 Å². The number of ether oxygens (including phenoxy) is 1. The molecular formula is C15H10Cl2N2O. The minimum Gasteiger partial charge on any atom is -0.436 e. The van der Waals surface area contributed by atoms with E-state index in [9.17, 15) is 5.26 Å². The summed E-state index contributed by atoms with van der Waals surface area (Å²) < 4.78 is 5.69. The van der Waals surface area contributed by atoms with E-state index in [1.165, 1.54) is 0 Å². The normalized spacial score (nSPS) is 12.8. The van der Waals surface area contributed by atoms with Gasteiger partial charge in [0.15, 0.2) is 0 Å². The van der Waals surface area contributed by atoms with Crippen LogP contribution in [0.4, 0.5) is 0 Å². The zero-order valence-electron chi connectivity index (χ0n) is 10.5. The second kappa shape index (κ2) is 5.32. The molecule has 0 saturated heterocycles. The predicted molar refractivity (Wildman–Crippen MR) is 77.5 cm³/mol. The molecule has 5 heteroatoms. The summed E-state index contributed by atoms with van der Waals surface area (Å²) in [5.41, 5.74) is 2.55. The summed E-state index contributed by atoms with van der Waals surface area (Å²) in [7, 11) is 0. The van der Waals surface area contributed by atoms with Crippen molar-refractivity contribution in [3.63, 3.8) is 0 Å². The first-order chi connectivity index (χ1) is 9.69. The highest BCUT2D eigenvalue weighted by Crippen LogP contribution is 2.36. The van der Waals surface area contributed by atoms with Gasteiger partial charge >= 0.3 is 0 Å². The van der Waals surface area contributed by atoms with Gasteiger partial charge in [-0.2, -0.15) is 5.26 Å². The molecule has 1 heterocycles. The summed E-state index contributed by atoms with van der Waals surface area (Å²) in [6, 6.07) is 9.08. The maximum atomic E-state index is 9.22. The van der Waals surface area contributed by atoms with Gasteiger partial charge in [0, 0.05) is 5.69 Å². The number of hydrogen-bond donors (Lipinski definition) is 0. The summed E-state index contributed by atoms with van der Waals surface area (Å²) in [6.45, 7) is 0. The van der Waals surface area contributed by atoms with Crippen molar-refractivity contribution in [2.45, 2.75) is 19.3 Å². The van der Waals surface area contributed by atoms with Crippen LogP contribution < -0.4 is 4.74 Å². The molecule has 20 heavy (non-hydrogen) atoms. The third-order valence-corrected chi connectivity index (χ3v) is 4.06. The van der Waals surface area contributed by atoms with Crippen LogP contribution in [0.1, 0.15) is 23.2 Å². The topological polar surface area (TPSA) is 45.9 Å². The van der Waals surface area contributed by atoms with Gasteiger partial charge in [-0.25, -0.2) is 4.98 Å². The standard InChI is InChI=1S/C15H10Cl2N2O/c16-11-4-2-6-13(14(11)17)20-15-10(8-18)7-9-3-1-5-12(9)19-15/h2,4,6-7H,1,3,5H2. The van der Waals surface area contributed by atoms with Gasteiger partial charge in [0.25, 0.3) is 0 Å².